The first-order valence-electron chi connectivity index (χ1n) is 4.93. The maximum Gasteiger partial charge on any atom is 0.314 e. The van der Waals surface area contributed by atoms with E-state index in [4.69, 9.17) is 26.1 Å². The molecule has 0 atom stereocenters. The summed E-state index contributed by atoms with van der Waals surface area (Å²) in [5.41, 5.74) is 6.04. The fourth-order valence-electron chi connectivity index (χ4n) is 0.534. The minimum Gasteiger partial charge on any atom is -0.352 e. The standard InChI is InChI=1S/C7H8.C3H8N2O.2CHNO/c1-7-5-3-2-4-6-7;1-5(2)3(4)6;2*2-1-3/h2-6H,1H3;1-2H3,(H2,4,6);2*2H. The molecule has 0 aromatic heterocycles. The highest BCUT2D eigenvalue weighted by Crippen LogP contribution is 1.92. The topological polar surface area (TPSA) is 128 Å². The van der Waals surface area contributed by atoms with Crippen LogP contribution in [0.1, 0.15) is 5.56 Å². The molecule has 7 nitrogen and oxygen atoms in total. The Morgan fingerprint density at radius 1 is 1.11 bits per heavy atom. The first kappa shape index (κ1) is 21.5. The number of isocyanates is 2. The monoisotopic (exact) mass is 266 g/mol. The Hall–Kier alpha value is -2.75. The van der Waals surface area contributed by atoms with Gasteiger partial charge in [-0.05, 0) is 6.92 Å². The van der Waals surface area contributed by atoms with E-state index in [9.17, 15) is 4.79 Å². The number of rotatable bonds is 0. The van der Waals surface area contributed by atoms with Gasteiger partial charge in [-0.3, -0.25) is 0 Å². The van der Waals surface area contributed by atoms with Crippen LogP contribution in [0.3, 0.4) is 0 Å². The molecule has 0 unspecified atom stereocenters. The van der Waals surface area contributed by atoms with Crippen LogP contribution in [-0.2, 0) is 9.59 Å². The molecule has 4 N–H and O–H groups in total. The summed E-state index contributed by atoms with van der Waals surface area (Å²) in [5, 5.41) is 10.8. The van der Waals surface area contributed by atoms with E-state index in [1.165, 1.54) is 10.5 Å². The van der Waals surface area contributed by atoms with Crippen LogP contribution in [0.5, 0.6) is 0 Å². The van der Waals surface area contributed by atoms with E-state index < -0.39 is 6.03 Å². The van der Waals surface area contributed by atoms with Gasteiger partial charge in [0, 0.05) is 14.1 Å². The number of carbonyl (C=O) groups excluding carboxylic acids is 3. The Bertz CT molecular complexity index is 381. The van der Waals surface area contributed by atoms with Crippen molar-refractivity contribution in [3.05, 3.63) is 35.9 Å². The molecule has 1 rings (SSSR count). The van der Waals surface area contributed by atoms with Gasteiger partial charge in [0.25, 0.3) is 0 Å². The third-order valence-electron chi connectivity index (χ3n) is 1.38. The predicted octanol–water partition coefficient (Wildman–Crippen LogP) is 1.42. The lowest BCUT2D eigenvalue weighted by Crippen LogP contribution is -2.27. The molecule has 0 aliphatic heterocycles. The zero-order valence-electron chi connectivity index (χ0n) is 11.1. The van der Waals surface area contributed by atoms with Crippen molar-refractivity contribution >= 4 is 18.2 Å². The van der Waals surface area contributed by atoms with Crippen LogP contribution in [0.2, 0.25) is 0 Å². The average Bonchev–Trinajstić information content (AvgIpc) is 2.32. The summed E-state index contributed by atoms with van der Waals surface area (Å²) in [4.78, 5) is 27.8. The number of hydrogen-bond donors (Lipinski definition) is 3. The Kier molecular flexibility index (Phi) is 20.0. The van der Waals surface area contributed by atoms with Gasteiger partial charge >= 0.3 is 6.03 Å². The third-order valence-corrected chi connectivity index (χ3v) is 1.38. The Morgan fingerprint density at radius 3 is 1.47 bits per heavy atom. The van der Waals surface area contributed by atoms with Crippen molar-refractivity contribution in [3.63, 3.8) is 0 Å². The highest BCUT2D eigenvalue weighted by molar-refractivity contribution is 5.71. The van der Waals surface area contributed by atoms with Crippen LogP contribution in [-0.4, -0.2) is 37.2 Å². The molecule has 1 aromatic carbocycles. The smallest absolute Gasteiger partial charge is 0.314 e. The predicted molar refractivity (Wildman–Crippen MR) is 71.3 cm³/mol. The molecule has 0 spiro atoms. The summed E-state index contributed by atoms with van der Waals surface area (Å²) in [7, 11) is 3.20. The van der Waals surface area contributed by atoms with Gasteiger partial charge in [-0.25, -0.2) is 25.2 Å². The highest BCUT2D eigenvalue weighted by Gasteiger charge is 1.88. The number of amides is 2. The zero-order valence-corrected chi connectivity index (χ0v) is 11.1. The second kappa shape index (κ2) is 17.6. The Balaban J connectivity index is -0.000000195. The van der Waals surface area contributed by atoms with Crippen LogP contribution in [0.25, 0.3) is 0 Å². The van der Waals surface area contributed by atoms with Gasteiger partial charge in [0.15, 0.2) is 0 Å². The molecule has 104 valence electrons. The first-order valence-corrected chi connectivity index (χ1v) is 4.93. The lowest BCUT2D eigenvalue weighted by molar-refractivity contribution is 0.227. The lowest BCUT2D eigenvalue weighted by Gasteiger charge is -2.01. The SMILES string of the molecule is CN(C)C(N)=O.Cc1ccccc1.N=C=O.N=C=O. The highest BCUT2D eigenvalue weighted by atomic mass is 16.2. The molecule has 0 heterocycles. The number of nitrogens with zero attached hydrogens (tertiary/aromatic N) is 1. The first-order chi connectivity index (χ1) is 8.87. The van der Waals surface area contributed by atoms with Crippen molar-refractivity contribution in [2.75, 3.05) is 14.1 Å². The van der Waals surface area contributed by atoms with E-state index in [1.807, 2.05) is 18.2 Å². The van der Waals surface area contributed by atoms with Crippen LogP contribution >= 0.6 is 0 Å². The second-order valence-corrected chi connectivity index (χ2v) is 3.09. The van der Waals surface area contributed by atoms with E-state index >= 15 is 0 Å². The molecule has 19 heavy (non-hydrogen) atoms. The summed E-state index contributed by atoms with van der Waals surface area (Å²) >= 11 is 0. The van der Waals surface area contributed by atoms with Gasteiger partial charge in [-0.1, -0.05) is 35.9 Å². The molecule has 0 bridgehead atoms. The molecule has 7 heteroatoms. The summed E-state index contributed by atoms with van der Waals surface area (Å²) in [6.45, 7) is 2.08. The average molecular weight is 266 g/mol. The minimum atomic E-state index is -0.407. The van der Waals surface area contributed by atoms with Gasteiger partial charge in [0.2, 0.25) is 12.2 Å². The second-order valence-electron chi connectivity index (χ2n) is 3.09. The van der Waals surface area contributed by atoms with Gasteiger partial charge in [-0.2, -0.15) is 0 Å². The molecule has 0 fully saturated rings. The summed E-state index contributed by atoms with van der Waals surface area (Å²) in [6, 6.07) is 9.85. The molecular weight excluding hydrogens is 248 g/mol. The van der Waals surface area contributed by atoms with E-state index in [1.54, 1.807) is 14.1 Å². The lowest BCUT2D eigenvalue weighted by atomic mass is 10.2. The van der Waals surface area contributed by atoms with Crippen molar-refractivity contribution in [2.24, 2.45) is 5.73 Å². The van der Waals surface area contributed by atoms with Crippen molar-refractivity contribution < 1.29 is 14.4 Å². The van der Waals surface area contributed by atoms with Crippen LogP contribution in [0, 0.1) is 17.7 Å². The number of nitrogens with two attached hydrogens (primary N) is 1. The maximum atomic E-state index is 9.85. The molecule has 1 aromatic rings. The summed E-state index contributed by atoms with van der Waals surface area (Å²) < 4.78 is 0. The van der Waals surface area contributed by atoms with E-state index in [0.29, 0.717) is 0 Å². The van der Waals surface area contributed by atoms with Crippen molar-refractivity contribution in [2.45, 2.75) is 6.92 Å². The largest absolute Gasteiger partial charge is 0.352 e. The van der Waals surface area contributed by atoms with Crippen molar-refractivity contribution in [1.82, 2.24) is 4.90 Å². The van der Waals surface area contributed by atoms with E-state index in [2.05, 4.69) is 19.1 Å². The number of hydrogen-bond acceptors (Lipinski definition) is 5. The van der Waals surface area contributed by atoms with Crippen molar-refractivity contribution in [3.8, 4) is 0 Å². The summed E-state index contributed by atoms with van der Waals surface area (Å²) in [6.07, 6.45) is 1.50. The van der Waals surface area contributed by atoms with Gasteiger partial charge in [0.05, 0.1) is 0 Å². The number of carbonyl (C=O) groups is 1. The minimum absolute atomic E-state index is 0.407. The molecule has 0 aliphatic carbocycles. The number of primary amides is 1. The molecule has 0 aliphatic rings. The molecule has 0 saturated heterocycles. The Morgan fingerprint density at radius 2 is 1.37 bits per heavy atom. The van der Waals surface area contributed by atoms with E-state index in [-0.39, 0.29) is 0 Å². The van der Waals surface area contributed by atoms with Gasteiger partial charge in [0.1, 0.15) is 0 Å². The van der Waals surface area contributed by atoms with Gasteiger partial charge < -0.3 is 10.6 Å². The number of benzene rings is 1. The fraction of sp³-hybridized carbons (Fsp3) is 0.250. The normalized spacial score (nSPS) is 6.47. The third kappa shape index (κ3) is 31.3. The number of nitrogens with one attached hydrogen (secondary N) is 2. The zero-order chi connectivity index (χ0) is 15.7. The number of aryl methyl sites for hydroxylation is 1. The van der Waals surface area contributed by atoms with Crippen molar-refractivity contribution in [1.29, 1.82) is 10.8 Å². The summed E-state index contributed by atoms with van der Waals surface area (Å²) in [5.74, 6) is 0. The van der Waals surface area contributed by atoms with Crippen LogP contribution < -0.4 is 5.73 Å². The van der Waals surface area contributed by atoms with Gasteiger partial charge in [-0.15, -0.1) is 0 Å². The van der Waals surface area contributed by atoms with E-state index in [0.717, 1.165) is 12.2 Å². The molecule has 0 radical (unpaired) electrons. The Labute approximate surface area is 112 Å². The molecular formula is C12H18N4O3. The number of urea groups is 1. The van der Waals surface area contributed by atoms with Crippen LogP contribution in [0.4, 0.5) is 4.79 Å². The molecule has 0 saturated carbocycles. The van der Waals surface area contributed by atoms with Crippen LogP contribution in [0.15, 0.2) is 30.3 Å². The maximum absolute atomic E-state index is 9.85. The quantitative estimate of drug-likeness (QED) is 0.485. The molecule has 2 amide bonds. The fourth-order valence-corrected chi connectivity index (χ4v) is 0.534.